The van der Waals surface area contributed by atoms with E-state index in [9.17, 15) is 0 Å². The highest BCUT2D eigenvalue weighted by molar-refractivity contribution is 5.79. The highest BCUT2D eigenvalue weighted by atomic mass is 16.5. The molecule has 0 saturated heterocycles. The molecule has 124 valence electrons. The molecule has 0 atom stereocenters. The van der Waals surface area contributed by atoms with E-state index in [4.69, 9.17) is 9.47 Å². The third-order valence-electron chi connectivity index (χ3n) is 3.31. The van der Waals surface area contributed by atoms with Gasteiger partial charge in [0.25, 0.3) is 0 Å². The SMILES string of the molecule is CCCCCNC(=NCc1cccc(OC)c1OC)NCC. The van der Waals surface area contributed by atoms with Gasteiger partial charge in [0.05, 0.1) is 20.8 Å². The lowest BCUT2D eigenvalue weighted by molar-refractivity contribution is 0.352. The molecule has 0 amide bonds. The molecule has 0 radical (unpaired) electrons. The number of guanidine groups is 1. The Morgan fingerprint density at radius 1 is 1.09 bits per heavy atom. The van der Waals surface area contributed by atoms with Gasteiger partial charge in [-0.05, 0) is 19.4 Å². The largest absolute Gasteiger partial charge is 0.493 e. The lowest BCUT2D eigenvalue weighted by atomic mass is 10.2. The van der Waals surface area contributed by atoms with Crippen molar-refractivity contribution >= 4 is 5.96 Å². The van der Waals surface area contributed by atoms with E-state index >= 15 is 0 Å². The first kappa shape index (κ1) is 18.1. The summed E-state index contributed by atoms with van der Waals surface area (Å²) in [7, 11) is 3.30. The van der Waals surface area contributed by atoms with Crippen molar-refractivity contribution in [2.75, 3.05) is 27.3 Å². The van der Waals surface area contributed by atoms with E-state index in [1.807, 2.05) is 18.2 Å². The molecule has 0 aliphatic carbocycles. The second kappa shape index (κ2) is 10.8. The van der Waals surface area contributed by atoms with Gasteiger partial charge in [0, 0.05) is 18.7 Å². The number of aliphatic imine (C=N–C) groups is 1. The van der Waals surface area contributed by atoms with E-state index in [1.54, 1.807) is 14.2 Å². The first-order valence-corrected chi connectivity index (χ1v) is 7.98. The predicted molar refractivity (Wildman–Crippen MR) is 91.9 cm³/mol. The minimum absolute atomic E-state index is 0.545. The number of ether oxygens (including phenoxy) is 2. The lowest BCUT2D eigenvalue weighted by Gasteiger charge is -2.13. The Balaban J connectivity index is 2.72. The van der Waals surface area contributed by atoms with Crippen molar-refractivity contribution in [1.82, 2.24) is 10.6 Å². The molecule has 0 bridgehead atoms. The maximum absolute atomic E-state index is 5.44. The average Bonchev–Trinajstić information content (AvgIpc) is 2.55. The molecule has 1 aromatic rings. The molecule has 1 rings (SSSR count). The lowest BCUT2D eigenvalue weighted by Crippen LogP contribution is -2.37. The summed E-state index contributed by atoms with van der Waals surface area (Å²) >= 11 is 0. The third-order valence-corrected chi connectivity index (χ3v) is 3.31. The molecule has 0 spiro atoms. The first-order valence-electron chi connectivity index (χ1n) is 7.98. The fourth-order valence-corrected chi connectivity index (χ4v) is 2.17. The van der Waals surface area contributed by atoms with Crippen LogP contribution in [0.4, 0.5) is 0 Å². The Hall–Kier alpha value is -1.91. The summed E-state index contributed by atoms with van der Waals surface area (Å²) in [6, 6.07) is 5.85. The van der Waals surface area contributed by atoms with Crippen LogP contribution in [-0.2, 0) is 6.54 Å². The van der Waals surface area contributed by atoms with Crippen LogP contribution in [0.25, 0.3) is 0 Å². The van der Waals surface area contributed by atoms with Crippen molar-refractivity contribution in [3.63, 3.8) is 0 Å². The Morgan fingerprint density at radius 2 is 1.91 bits per heavy atom. The van der Waals surface area contributed by atoms with Crippen molar-refractivity contribution < 1.29 is 9.47 Å². The van der Waals surface area contributed by atoms with Crippen LogP contribution in [0.3, 0.4) is 0 Å². The van der Waals surface area contributed by atoms with Gasteiger partial charge in [-0.1, -0.05) is 31.9 Å². The first-order chi connectivity index (χ1) is 10.8. The molecule has 0 fully saturated rings. The van der Waals surface area contributed by atoms with Gasteiger partial charge < -0.3 is 20.1 Å². The van der Waals surface area contributed by atoms with E-state index < -0.39 is 0 Å². The van der Waals surface area contributed by atoms with E-state index in [-0.39, 0.29) is 0 Å². The van der Waals surface area contributed by atoms with Gasteiger partial charge in [-0.15, -0.1) is 0 Å². The Morgan fingerprint density at radius 3 is 2.55 bits per heavy atom. The second-order valence-corrected chi connectivity index (χ2v) is 4.98. The summed E-state index contributed by atoms with van der Waals surface area (Å²) in [5.41, 5.74) is 1.01. The monoisotopic (exact) mass is 307 g/mol. The van der Waals surface area contributed by atoms with Gasteiger partial charge in [-0.3, -0.25) is 0 Å². The van der Waals surface area contributed by atoms with E-state index in [2.05, 4.69) is 29.5 Å². The minimum atomic E-state index is 0.545. The zero-order valence-electron chi connectivity index (χ0n) is 14.2. The molecule has 0 unspecified atom stereocenters. The number of nitrogens with one attached hydrogen (secondary N) is 2. The second-order valence-electron chi connectivity index (χ2n) is 4.98. The zero-order chi connectivity index (χ0) is 16.2. The fourth-order valence-electron chi connectivity index (χ4n) is 2.17. The Kier molecular flexibility index (Phi) is 8.88. The number of rotatable bonds is 9. The summed E-state index contributed by atoms with van der Waals surface area (Å²) < 4.78 is 10.8. The highest BCUT2D eigenvalue weighted by Crippen LogP contribution is 2.30. The van der Waals surface area contributed by atoms with Crippen LogP contribution in [-0.4, -0.2) is 33.3 Å². The fraction of sp³-hybridized carbons (Fsp3) is 0.588. The van der Waals surface area contributed by atoms with Crippen LogP contribution in [0, 0.1) is 0 Å². The van der Waals surface area contributed by atoms with Crippen molar-refractivity contribution in [1.29, 1.82) is 0 Å². The summed E-state index contributed by atoms with van der Waals surface area (Å²) in [6.45, 7) is 6.59. The number of unbranched alkanes of at least 4 members (excludes halogenated alkanes) is 2. The average molecular weight is 307 g/mol. The van der Waals surface area contributed by atoms with Crippen LogP contribution in [0.2, 0.25) is 0 Å². The maximum atomic E-state index is 5.44. The zero-order valence-corrected chi connectivity index (χ0v) is 14.2. The summed E-state index contributed by atoms with van der Waals surface area (Å²) in [4.78, 5) is 4.62. The van der Waals surface area contributed by atoms with Gasteiger partial charge in [0.1, 0.15) is 0 Å². The topological polar surface area (TPSA) is 54.9 Å². The molecule has 2 N–H and O–H groups in total. The maximum Gasteiger partial charge on any atom is 0.191 e. The summed E-state index contributed by atoms with van der Waals surface area (Å²) in [5, 5.41) is 6.62. The van der Waals surface area contributed by atoms with Crippen LogP contribution in [0.1, 0.15) is 38.7 Å². The third kappa shape index (κ3) is 5.84. The van der Waals surface area contributed by atoms with Gasteiger partial charge in [0.15, 0.2) is 17.5 Å². The molecule has 0 aliphatic rings. The van der Waals surface area contributed by atoms with Crippen molar-refractivity contribution in [3.8, 4) is 11.5 Å². The van der Waals surface area contributed by atoms with E-state index in [0.29, 0.717) is 6.54 Å². The van der Waals surface area contributed by atoms with Gasteiger partial charge >= 0.3 is 0 Å². The molecular formula is C17H29N3O2. The number of methoxy groups -OCH3 is 2. The molecule has 5 heteroatoms. The highest BCUT2D eigenvalue weighted by Gasteiger charge is 2.09. The Bertz CT molecular complexity index is 461. The number of para-hydroxylation sites is 1. The molecular weight excluding hydrogens is 278 g/mol. The van der Waals surface area contributed by atoms with Gasteiger partial charge in [0.2, 0.25) is 0 Å². The van der Waals surface area contributed by atoms with Gasteiger partial charge in [-0.2, -0.15) is 0 Å². The number of hydrogen-bond acceptors (Lipinski definition) is 3. The van der Waals surface area contributed by atoms with Crippen molar-refractivity contribution in [3.05, 3.63) is 23.8 Å². The van der Waals surface area contributed by atoms with Crippen molar-refractivity contribution in [2.45, 2.75) is 39.7 Å². The number of benzene rings is 1. The van der Waals surface area contributed by atoms with Gasteiger partial charge in [-0.25, -0.2) is 4.99 Å². The predicted octanol–water partition coefficient (Wildman–Crippen LogP) is 2.95. The normalized spacial score (nSPS) is 11.2. The number of nitrogens with zero attached hydrogens (tertiary/aromatic N) is 1. The molecule has 0 aliphatic heterocycles. The smallest absolute Gasteiger partial charge is 0.191 e. The molecule has 0 aromatic heterocycles. The van der Waals surface area contributed by atoms with Crippen molar-refractivity contribution in [2.24, 2.45) is 4.99 Å². The quantitative estimate of drug-likeness (QED) is 0.418. The van der Waals surface area contributed by atoms with E-state index in [1.165, 1.54) is 12.8 Å². The standard InChI is InChI=1S/C17H29N3O2/c1-5-7-8-12-19-17(18-6-2)20-13-14-10-9-11-15(21-3)16(14)22-4/h9-11H,5-8,12-13H2,1-4H3,(H2,18,19,20). The molecule has 5 nitrogen and oxygen atoms in total. The Labute approximate surface area is 134 Å². The number of hydrogen-bond donors (Lipinski definition) is 2. The summed E-state index contributed by atoms with van der Waals surface area (Å²) in [6.07, 6.45) is 3.61. The summed E-state index contributed by atoms with van der Waals surface area (Å²) in [5.74, 6) is 2.31. The van der Waals surface area contributed by atoms with Crippen LogP contribution >= 0.6 is 0 Å². The minimum Gasteiger partial charge on any atom is -0.493 e. The molecule has 0 heterocycles. The van der Waals surface area contributed by atoms with Crippen LogP contribution in [0.15, 0.2) is 23.2 Å². The van der Waals surface area contributed by atoms with Crippen LogP contribution in [0.5, 0.6) is 11.5 Å². The molecule has 0 saturated carbocycles. The van der Waals surface area contributed by atoms with E-state index in [0.717, 1.165) is 42.5 Å². The molecule has 1 aromatic carbocycles. The molecule has 22 heavy (non-hydrogen) atoms. The van der Waals surface area contributed by atoms with Crippen LogP contribution < -0.4 is 20.1 Å².